The third-order valence-corrected chi connectivity index (χ3v) is 4.75. The number of amides is 3. The number of halogens is 2. The van der Waals surface area contributed by atoms with E-state index in [0.29, 0.717) is 29.8 Å². The molecule has 6 nitrogen and oxygen atoms in total. The van der Waals surface area contributed by atoms with Gasteiger partial charge in [-0.2, -0.15) is 0 Å². The normalized spacial score (nSPS) is 15.0. The van der Waals surface area contributed by atoms with Gasteiger partial charge in [-0.15, -0.1) is 12.4 Å². The predicted octanol–water partition coefficient (Wildman–Crippen LogP) is 3.43. The minimum atomic E-state index is -0.422. The zero-order valence-electron chi connectivity index (χ0n) is 15.2. The second-order valence-electron chi connectivity index (χ2n) is 6.90. The smallest absolute Gasteiger partial charge is 0.319 e. The first kappa shape index (κ1) is 20.1. The Morgan fingerprint density at radius 1 is 1.11 bits per heavy atom. The van der Waals surface area contributed by atoms with E-state index in [1.54, 1.807) is 30.3 Å². The van der Waals surface area contributed by atoms with Gasteiger partial charge >= 0.3 is 6.03 Å². The molecule has 1 heterocycles. The first-order chi connectivity index (χ1) is 13.1. The molecule has 3 amide bonds. The van der Waals surface area contributed by atoms with Crippen LogP contribution in [0.15, 0.2) is 36.4 Å². The van der Waals surface area contributed by atoms with Crippen molar-refractivity contribution in [3.63, 3.8) is 0 Å². The molecule has 4 rings (SSSR count). The van der Waals surface area contributed by atoms with E-state index < -0.39 is 5.91 Å². The van der Waals surface area contributed by atoms with Crippen molar-refractivity contribution in [1.82, 2.24) is 10.6 Å². The number of nitrogens with one attached hydrogen (secondary N) is 4. The van der Waals surface area contributed by atoms with Crippen LogP contribution in [-0.4, -0.2) is 24.5 Å². The van der Waals surface area contributed by atoms with Crippen LogP contribution in [0.2, 0.25) is 0 Å². The van der Waals surface area contributed by atoms with Gasteiger partial charge in [0.25, 0.3) is 5.91 Å². The van der Waals surface area contributed by atoms with Gasteiger partial charge in [-0.05, 0) is 61.2 Å². The Labute approximate surface area is 168 Å². The standard InChI is InChI=1S/C20H21FN4O2.ClH/c21-18-16-8-9-22-11-13(16)4-7-17(18)25-19(26)12-2-1-3-15(10-12)24-20(27)23-14-5-6-14;/h1-4,7,10,14,22H,5-6,8-9,11H2,(H,25,26)(H2,23,24,27);1H. The molecule has 28 heavy (non-hydrogen) atoms. The summed E-state index contributed by atoms with van der Waals surface area (Å²) >= 11 is 0. The molecule has 1 fully saturated rings. The summed E-state index contributed by atoms with van der Waals surface area (Å²) in [5.41, 5.74) is 2.60. The molecule has 2 aliphatic rings. The molecule has 0 aromatic heterocycles. The minimum Gasteiger partial charge on any atom is -0.335 e. The molecule has 1 aliphatic carbocycles. The third kappa shape index (κ3) is 4.61. The molecule has 1 saturated carbocycles. The maximum absolute atomic E-state index is 14.7. The number of fused-ring (bicyclic) bond motifs is 1. The van der Waals surface area contributed by atoms with Gasteiger partial charge in [-0.1, -0.05) is 12.1 Å². The van der Waals surface area contributed by atoms with Crippen molar-refractivity contribution in [3.05, 3.63) is 58.9 Å². The highest BCUT2D eigenvalue weighted by atomic mass is 35.5. The lowest BCUT2D eigenvalue weighted by atomic mass is 9.99. The summed E-state index contributed by atoms with van der Waals surface area (Å²) in [6.45, 7) is 1.36. The summed E-state index contributed by atoms with van der Waals surface area (Å²) in [5, 5.41) is 11.4. The fourth-order valence-electron chi connectivity index (χ4n) is 3.14. The van der Waals surface area contributed by atoms with Crippen LogP contribution in [0.1, 0.15) is 34.3 Å². The third-order valence-electron chi connectivity index (χ3n) is 4.75. The Bertz CT molecular complexity index is 902. The zero-order valence-corrected chi connectivity index (χ0v) is 16.0. The molecule has 1 aliphatic heterocycles. The monoisotopic (exact) mass is 404 g/mol. The summed E-state index contributed by atoms with van der Waals surface area (Å²) in [5.74, 6) is -0.797. The Kier molecular flexibility index (Phi) is 6.16. The molecule has 8 heteroatoms. The number of hydrogen-bond acceptors (Lipinski definition) is 3. The van der Waals surface area contributed by atoms with Gasteiger partial charge in [-0.3, -0.25) is 4.79 Å². The quantitative estimate of drug-likeness (QED) is 0.630. The van der Waals surface area contributed by atoms with Crippen LogP contribution in [0.3, 0.4) is 0 Å². The van der Waals surface area contributed by atoms with E-state index in [0.717, 1.165) is 24.9 Å². The predicted molar refractivity (Wildman–Crippen MR) is 109 cm³/mol. The molecule has 0 unspecified atom stereocenters. The average molecular weight is 405 g/mol. The molecule has 2 aromatic carbocycles. The van der Waals surface area contributed by atoms with E-state index in [4.69, 9.17) is 0 Å². The van der Waals surface area contributed by atoms with Crippen LogP contribution in [0.4, 0.5) is 20.6 Å². The highest BCUT2D eigenvalue weighted by Crippen LogP contribution is 2.25. The van der Waals surface area contributed by atoms with Gasteiger partial charge in [0.2, 0.25) is 0 Å². The summed E-state index contributed by atoms with van der Waals surface area (Å²) in [4.78, 5) is 24.4. The SMILES string of the molecule is Cl.O=C(Nc1cccc(C(=O)Nc2ccc3c(c2F)CCNC3)c1)NC1CC1. The highest BCUT2D eigenvalue weighted by Gasteiger charge is 2.23. The van der Waals surface area contributed by atoms with E-state index in [1.807, 2.05) is 6.07 Å². The maximum atomic E-state index is 14.7. The first-order valence-electron chi connectivity index (χ1n) is 9.10. The van der Waals surface area contributed by atoms with Crippen molar-refractivity contribution in [2.45, 2.75) is 31.8 Å². The Morgan fingerprint density at radius 2 is 1.93 bits per heavy atom. The number of benzene rings is 2. The van der Waals surface area contributed by atoms with E-state index in [9.17, 15) is 14.0 Å². The van der Waals surface area contributed by atoms with Gasteiger partial charge in [0.1, 0.15) is 5.82 Å². The van der Waals surface area contributed by atoms with E-state index in [-0.39, 0.29) is 36.0 Å². The van der Waals surface area contributed by atoms with Crippen molar-refractivity contribution >= 4 is 35.7 Å². The number of hydrogen-bond donors (Lipinski definition) is 4. The fourth-order valence-corrected chi connectivity index (χ4v) is 3.14. The van der Waals surface area contributed by atoms with Crippen LogP contribution in [0, 0.1) is 5.82 Å². The molecule has 2 aromatic rings. The zero-order chi connectivity index (χ0) is 18.8. The maximum Gasteiger partial charge on any atom is 0.319 e. The lowest BCUT2D eigenvalue weighted by molar-refractivity contribution is 0.102. The number of rotatable bonds is 4. The van der Waals surface area contributed by atoms with Crippen molar-refractivity contribution in [2.75, 3.05) is 17.2 Å². The molecule has 0 atom stereocenters. The summed E-state index contributed by atoms with van der Waals surface area (Å²) in [6.07, 6.45) is 2.59. The van der Waals surface area contributed by atoms with Crippen molar-refractivity contribution in [3.8, 4) is 0 Å². The van der Waals surface area contributed by atoms with E-state index in [2.05, 4.69) is 21.3 Å². The molecule has 0 spiro atoms. The van der Waals surface area contributed by atoms with Gasteiger partial charge < -0.3 is 21.3 Å². The fraction of sp³-hybridized carbons (Fsp3) is 0.300. The summed E-state index contributed by atoms with van der Waals surface area (Å²) < 4.78 is 14.7. The second-order valence-corrected chi connectivity index (χ2v) is 6.90. The summed E-state index contributed by atoms with van der Waals surface area (Å²) in [6, 6.07) is 9.96. The lowest BCUT2D eigenvalue weighted by Crippen LogP contribution is -2.30. The molecular weight excluding hydrogens is 383 g/mol. The Morgan fingerprint density at radius 3 is 2.71 bits per heavy atom. The average Bonchev–Trinajstić information content (AvgIpc) is 3.48. The van der Waals surface area contributed by atoms with Gasteiger partial charge in [0, 0.05) is 23.8 Å². The number of urea groups is 1. The minimum absolute atomic E-state index is 0. The molecule has 0 radical (unpaired) electrons. The van der Waals surface area contributed by atoms with Crippen LogP contribution >= 0.6 is 12.4 Å². The molecule has 0 bridgehead atoms. The number of anilines is 2. The topological polar surface area (TPSA) is 82.3 Å². The number of carbonyl (C=O) groups is 2. The van der Waals surface area contributed by atoms with Gasteiger partial charge in [-0.25, -0.2) is 9.18 Å². The van der Waals surface area contributed by atoms with Crippen molar-refractivity contribution in [2.24, 2.45) is 0 Å². The van der Waals surface area contributed by atoms with Crippen LogP contribution in [0.25, 0.3) is 0 Å². The van der Waals surface area contributed by atoms with Crippen LogP contribution in [-0.2, 0) is 13.0 Å². The molecule has 148 valence electrons. The molecule has 4 N–H and O–H groups in total. The molecular formula is C20H22ClFN4O2. The first-order valence-corrected chi connectivity index (χ1v) is 9.10. The lowest BCUT2D eigenvalue weighted by Gasteiger charge is -2.19. The summed E-state index contributed by atoms with van der Waals surface area (Å²) in [7, 11) is 0. The number of carbonyl (C=O) groups excluding carboxylic acids is 2. The van der Waals surface area contributed by atoms with Crippen LogP contribution in [0.5, 0.6) is 0 Å². The second kappa shape index (κ2) is 8.58. The highest BCUT2D eigenvalue weighted by molar-refractivity contribution is 6.05. The Hall–Kier alpha value is -2.64. The van der Waals surface area contributed by atoms with Crippen molar-refractivity contribution in [1.29, 1.82) is 0 Å². The van der Waals surface area contributed by atoms with Crippen LogP contribution < -0.4 is 21.3 Å². The largest absolute Gasteiger partial charge is 0.335 e. The molecule has 0 saturated heterocycles. The Balaban J connectivity index is 0.00000225. The van der Waals surface area contributed by atoms with Gasteiger partial charge in [0.05, 0.1) is 5.69 Å². The van der Waals surface area contributed by atoms with Crippen molar-refractivity contribution < 1.29 is 14.0 Å². The van der Waals surface area contributed by atoms with E-state index >= 15 is 0 Å². The van der Waals surface area contributed by atoms with E-state index in [1.165, 1.54) is 0 Å². The van der Waals surface area contributed by atoms with Gasteiger partial charge in [0.15, 0.2) is 0 Å².